The maximum atomic E-state index is 6.83. The van der Waals surface area contributed by atoms with Crippen LogP contribution >= 0.6 is 23.5 Å². The van der Waals surface area contributed by atoms with Gasteiger partial charge >= 0.3 is 0 Å². The van der Waals surface area contributed by atoms with Crippen LogP contribution in [0.1, 0.15) is 0 Å². The SMILES string of the molecule is c1ccc(-c2cccc(-c3ccccc3)c2B2c3ccccc3Oc3cc4c(cc32)B2c3ccccc3Sc3cccc(c32)S4)cc1. The number of para-hydroxylation sites is 1. The van der Waals surface area contributed by atoms with Gasteiger partial charge in [-0.1, -0.05) is 167 Å². The first-order valence-electron chi connectivity index (χ1n) is 16.1. The zero-order valence-electron chi connectivity index (χ0n) is 25.4. The fourth-order valence-electron chi connectivity index (χ4n) is 7.76. The molecule has 7 aromatic carbocycles. The zero-order chi connectivity index (χ0) is 30.9. The first-order valence-corrected chi connectivity index (χ1v) is 17.7. The van der Waals surface area contributed by atoms with E-state index in [2.05, 4.69) is 158 Å². The largest absolute Gasteiger partial charge is 0.458 e. The molecule has 3 heterocycles. The minimum absolute atomic E-state index is 0.0262. The Morgan fingerprint density at radius 3 is 1.64 bits per heavy atom. The molecular formula is C42H26B2OS2. The highest BCUT2D eigenvalue weighted by Gasteiger charge is 2.42. The van der Waals surface area contributed by atoms with Crippen molar-refractivity contribution >= 4 is 69.7 Å². The Hall–Kier alpha value is -4.83. The normalized spacial score (nSPS) is 13.4. The molecule has 0 amide bonds. The van der Waals surface area contributed by atoms with Crippen molar-refractivity contribution in [2.75, 3.05) is 0 Å². The van der Waals surface area contributed by atoms with Crippen LogP contribution in [0, 0.1) is 0 Å². The summed E-state index contributed by atoms with van der Waals surface area (Å²) >= 11 is 3.78. The third-order valence-electron chi connectivity index (χ3n) is 9.76. The molecule has 1 nitrogen and oxygen atoms in total. The summed E-state index contributed by atoms with van der Waals surface area (Å²) in [6.07, 6.45) is 0. The van der Waals surface area contributed by atoms with Crippen LogP contribution in [0.25, 0.3) is 22.3 Å². The lowest BCUT2D eigenvalue weighted by molar-refractivity contribution is 0.486. The molecule has 5 heteroatoms. The molecule has 0 aliphatic carbocycles. The molecule has 10 rings (SSSR count). The lowest BCUT2D eigenvalue weighted by Crippen LogP contribution is -2.61. The Morgan fingerprint density at radius 1 is 0.362 bits per heavy atom. The lowest BCUT2D eigenvalue weighted by Gasteiger charge is -2.35. The summed E-state index contributed by atoms with van der Waals surface area (Å²) in [4.78, 5) is 5.33. The second kappa shape index (κ2) is 10.9. The Balaban J connectivity index is 1.27. The average molecular weight is 632 g/mol. The minimum atomic E-state index is -0.0262. The quantitative estimate of drug-likeness (QED) is 0.193. The summed E-state index contributed by atoms with van der Waals surface area (Å²) in [7, 11) is 0. The van der Waals surface area contributed by atoms with Crippen molar-refractivity contribution in [2.24, 2.45) is 0 Å². The minimum Gasteiger partial charge on any atom is -0.458 e. The van der Waals surface area contributed by atoms with Crippen molar-refractivity contribution in [1.29, 1.82) is 0 Å². The second-order valence-electron chi connectivity index (χ2n) is 12.3. The van der Waals surface area contributed by atoms with E-state index in [1.165, 1.54) is 74.6 Å². The van der Waals surface area contributed by atoms with Crippen molar-refractivity contribution in [3.05, 3.63) is 158 Å². The van der Waals surface area contributed by atoms with E-state index >= 15 is 0 Å². The predicted octanol–water partition coefficient (Wildman–Crippen LogP) is 7.09. The summed E-state index contributed by atoms with van der Waals surface area (Å²) in [5.41, 5.74) is 12.9. The summed E-state index contributed by atoms with van der Waals surface area (Å²) < 4.78 is 6.83. The van der Waals surface area contributed by atoms with E-state index < -0.39 is 0 Å². The van der Waals surface area contributed by atoms with E-state index in [4.69, 9.17) is 4.74 Å². The van der Waals surface area contributed by atoms with Gasteiger partial charge in [0.05, 0.1) is 0 Å². The highest BCUT2D eigenvalue weighted by atomic mass is 32.2. The molecule has 0 aromatic heterocycles. The van der Waals surface area contributed by atoms with Crippen molar-refractivity contribution < 1.29 is 4.74 Å². The van der Waals surface area contributed by atoms with E-state index in [1.807, 2.05) is 23.5 Å². The van der Waals surface area contributed by atoms with E-state index in [9.17, 15) is 0 Å². The third kappa shape index (κ3) is 4.30. The first kappa shape index (κ1) is 27.3. The van der Waals surface area contributed by atoms with Crippen LogP contribution in [0.3, 0.4) is 0 Å². The summed E-state index contributed by atoms with van der Waals surface area (Å²) in [6, 6.07) is 57.7. The number of benzene rings is 7. The van der Waals surface area contributed by atoms with Gasteiger partial charge in [0, 0.05) is 19.6 Å². The molecule has 47 heavy (non-hydrogen) atoms. The summed E-state index contributed by atoms with van der Waals surface area (Å²) in [5, 5.41) is 0. The van der Waals surface area contributed by atoms with Crippen LogP contribution in [-0.4, -0.2) is 13.4 Å². The Kier molecular flexibility index (Phi) is 6.31. The second-order valence-corrected chi connectivity index (χ2v) is 14.5. The monoisotopic (exact) mass is 632 g/mol. The zero-order valence-corrected chi connectivity index (χ0v) is 27.0. The number of fused-ring (bicyclic) bond motifs is 6. The molecule has 3 aliphatic rings. The molecule has 0 bridgehead atoms. The van der Waals surface area contributed by atoms with Gasteiger partial charge in [0.2, 0.25) is 6.71 Å². The Bertz CT molecular complexity index is 2300. The van der Waals surface area contributed by atoms with Crippen LogP contribution in [0.4, 0.5) is 0 Å². The highest BCUT2D eigenvalue weighted by Crippen LogP contribution is 2.40. The van der Waals surface area contributed by atoms with Gasteiger partial charge < -0.3 is 4.74 Å². The lowest BCUT2D eigenvalue weighted by atomic mass is 9.32. The van der Waals surface area contributed by atoms with Gasteiger partial charge in [-0.25, -0.2) is 0 Å². The number of hydrogen-bond acceptors (Lipinski definition) is 3. The van der Waals surface area contributed by atoms with Gasteiger partial charge in [-0.15, -0.1) is 0 Å². The standard InChI is InChI=1S/C42H26B2OS2/c1-3-13-27(14-4-1)29-17-11-18-30(28-15-5-2-6-16-28)41(29)43-31-19-7-9-21-35(31)45-36-26-40-34(25-33(36)43)44-32-20-8-10-22-37(32)46-38-23-12-24-39(47-40)42(38)44/h1-26H. The molecule has 0 radical (unpaired) electrons. The molecule has 0 saturated carbocycles. The Morgan fingerprint density at radius 2 is 0.915 bits per heavy atom. The van der Waals surface area contributed by atoms with Gasteiger partial charge in [0.25, 0.3) is 6.71 Å². The average Bonchev–Trinajstić information content (AvgIpc) is 3.13. The van der Waals surface area contributed by atoms with Gasteiger partial charge in [-0.05, 0) is 69.0 Å². The van der Waals surface area contributed by atoms with Gasteiger partial charge in [-0.2, -0.15) is 0 Å². The molecular weight excluding hydrogens is 606 g/mol. The van der Waals surface area contributed by atoms with Gasteiger partial charge in [0.15, 0.2) is 0 Å². The summed E-state index contributed by atoms with van der Waals surface area (Å²) in [6.45, 7) is 0.151. The van der Waals surface area contributed by atoms with E-state index in [0.717, 1.165) is 11.5 Å². The number of ether oxygens (including phenoxy) is 1. The van der Waals surface area contributed by atoms with Crippen molar-refractivity contribution in [3.8, 4) is 33.8 Å². The molecule has 0 saturated heterocycles. The Labute approximate surface area is 284 Å². The van der Waals surface area contributed by atoms with Crippen molar-refractivity contribution in [3.63, 3.8) is 0 Å². The van der Waals surface area contributed by atoms with Crippen LogP contribution in [0.5, 0.6) is 11.5 Å². The van der Waals surface area contributed by atoms with Crippen molar-refractivity contribution in [1.82, 2.24) is 0 Å². The molecule has 0 unspecified atom stereocenters. The maximum absolute atomic E-state index is 6.83. The first-order chi connectivity index (χ1) is 23.3. The van der Waals surface area contributed by atoms with Crippen LogP contribution < -0.4 is 37.5 Å². The molecule has 0 fully saturated rings. The van der Waals surface area contributed by atoms with Crippen molar-refractivity contribution in [2.45, 2.75) is 19.6 Å². The fraction of sp³-hybridized carbons (Fsp3) is 0. The van der Waals surface area contributed by atoms with Crippen LogP contribution in [-0.2, 0) is 0 Å². The van der Waals surface area contributed by atoms with Gasteiger partial charge in [-0.3, -0.25) is 0 Å². The topological polar surface area (TPSA) is 9.23 Å². The third-order valence-corrected chi connectivity index (χ3v) is 12.1. The molecule has 218 valence electrons. The van der Waals surface area contributed by atoms with E-state index in [1.54, 1.807) is 0 Å². The molecule has 3 aliphatic heterocycles. The number of hydrogen-bond donors (Lipinski definition) is 0. The van der Waals surface area contributed by atoms with Crippen LogP contribution in [0.15, 0.2) is 177 Å². The smallest absolute Gasteiger partial charge is 0.252 e. The number of rotatable bonds is 3. The van der Waals surface area contributed by atoms with Crippen LogP contribution in [0.2, 0.25) is 0 Å². The summed E-state index contributed by atoms with van der Waals surface area (Å²) in [5.74, 6) is 1.87. The van der Waals surface area contributed by atoms with E-state index in [0.29, 0.717) is 0 Å². The fourth-order valence-corrected chi connectivity index (χ4v) is 10.2. The molecule has 7 aromatic rings. The van der Waals surface area contributed by atoms with E-state index in [-0.39, 0.29) is 13.4 Å². The molecule has 0 N–H and O–H groups in total. The molecule has 0 atom stereocenters. The highest BCUT2D eigenvalue weighted by molar-refractivity contribution is 8.01. The molecule has 0 spiro atoms. The van der Waals surface area contributed by atoms with Gasteiger partial charge in [0.1, 0.15) is 11.5 Å². The predicted molar refractivity (Wildman–Crippen MR) is 201 cm³/mol. The maximum Gasteiger partial charge on any atom is 0.252 e.